The first kappa shape index (κ1) is 56.9. The molecule has 344 valence electrons. The molecule has 0 fully saturated rings. The molecule has 6 heteroatoms. The Morgan fingerprint density at radius 1 is 0.350 bits per heavy atom. The minimum Gasteiger partial charge on any atom is -0.462 e. The van der Waals surface area contributed by atoms with Gasteiger partial charge in [0.15, 0.2) is 6.10 Å². The topological polar surface area (TPSA) is 78.9 Å². The van der Waals surface area contributed by atoms with Gasteiger partial charge in [0.2, 0.25) is 0 Å². The Morgan fingerprint density at radius 2 is 0.700 bits per heavy atom. The summed E-state index contributed by atoms with van der Waals surface area (Å²) in [6.45, 7) is 6.40. The van der Waals surface area contributed by atoms with Crippen LogP contribution < -0.4 is 0 Å². The van der Waals surface area contributed by atoms with Gasteiger partial charge in [0, 0.05) is 19.3 Å². The van der Waals surface area contributed by atoms with Crippen molar-refractivity contribution in [2.45, 2.75) is 239 Å². The minimum atomic E-state index is -0.816. The third-order valence-electron chi connectivity index (χ3n) is 10.4. The molecular weight excluding hydrogens is 745 g/mol. The molecule has 1 unspecified atom stereocenters. The summed E-state index contributed by atoms with van der Waals surface area (Å²) in [4.78, 5) is 37.8. The summed E-state index contributed by atoms with van der Waals surface area (Å²) in [5.74, 6) is -1.01. The predicted octanol–water partition coefficient (Wildman–Crippen LogP) is 16.3. The van der Waals surface area contributed by atoms with Crippen molar-refractivity contribution < 1.29 is 28.6 Å². The van der Waals surface area contributed by atoms with E-state index in [1.165, 1.54) is 109 Å². The highest BCUT2D eigenvalue weighted by molar-refractivity contribution is 5.71. The molecule has 0 rings (SSSR count). The zero-order chi connectivity index (χ0) is 43.7. The van der Waals surface area contributed by atoms with Crippen LogP contribution in [0, 0.1) is 0 Å². The van der Waals surface area contributed by atoms with E-state index >= 15 is 0 Å². The quantitative estimate of drug-likeness (QED) is 0.0263. The normalized spacial score (nSPS) is 12.7. The van der Waals surface area contributed by atoms with Crippen molar-refractivity contribution in [1.82, 2.24) is 0 Å². The van der Waals surface area contributed by atoms with Crippen LogP contribution in [-0.2, 0) is 28.6 Å². The van der Waals surface area contributed by atoms with Crippen LogP contribution in [0.2, 0.25) is 0 Å². The van der Waals surface area contributed by atoms with Crippen molar-refractivity contribution in [3.63, 3.8) is 0 Å². The Kier molecular flexibility index (Phi) is 46.0. The molecule has 0 saturated carbocycles. The van der Waals surface area contributed by atoms with Gasteiger partial charge in [-0.15, -0.1) is 0 Å². The Morgan fingerprint density at radius 3 is 1.13 bits per heavy atom. The lowest BCUT2D eigenvalue weighted by molar-refractivity contribution is -0.166. The summed E-state index contributed by atoms with van der Waals surface area (Å²) in [6, 6.07) is 0. The molecular formula is C54H92O6. The number of hydrogen-bond donors (Lipinski definition) is 0. The molecule has 0 aliphatic heterocycles. The van der Waals surface area contributed by atoms with Crippen LogP contribution in [0.1, 0.15) is 233 Å². The van der Waals surface area contributed by atoms with Crippen molar-refractivity contribution in [3.05, 3.63) is 72.9 Å². The van der Waals surface area contributed by atoms with E-state index in [-0.39, 0.29) is 31.6 Å². The van der Waals surface area contributed by atoms with Gasteiger partial charge in [0.1, 0.15) is 13.2 Å². The highest BCUT2D eigenvalue weighted by Crippen LogP contribution is 2.13. The van der Waals surface area contributed by atoms with E-state index in [0.717, 1.165) is 77.0 Å². The Bertz CT molecular complexity index is 1140. The zero-order valence-corrected chi connectivity index (χ0v) is 39.2. The maximum absolute atomic E-state index is 12.7. The largest absolute Gasteiger partial charge is 0.462 e. The first-order valence-corrected chi connectivity index (χ1v) is 24.9. The fourth-order valence-corrected chi connectivity index (χ4v) is 6.67. The van der Waals surface area contributed by atoms with Crippen molar-refractivity contribution in [2.75, 3.05) is 13.2 Å². The van der Waals surface area contributed by atoms with Crippen molar-refractivity contribution in [1.29, 1.82) is 0 Å². The highest BCUT2D eigenvalue weighted by Gasteiger charge is 2.19. The monoisotopic (exact) mass is 837 g/mol. The Balaban J connectivity index is 4.43. The third-order valence-corrected chi connectivity index (χ3v) is 10.4. The Labute approximate surface area is 370 Å². The lowest BCUT2D eigenvalue weighted by Gasteiger charge is -2.18. The maximum atomic E-state index is 12.7. The molecule has 0 aliphatic rings. The van der Waals surface area contributed by atoms with Crippen LogP contribution >= 0.6 is 0 Å². The first-order chi connectivity index (χ1) is 29.5. The number of carbonyl (C=O) groups excluding carboxylic acids is 3. The minimum absolute atomic E-state index is 0.109. The van der Waals surface area contributed by atoms with Gasteiger partial charge in [-0.05, 0) is 89.9 Å². The van der Waals surface area contributed by atoms with Gasteiger partial charge in [0.05, 0.1) is 0 Å². The average Bonchev–Trinajstić information content (AvgIpc) is 3.24. The molecule has 6 nitrogen and oxygen atoms in total. The van der Waals surface area contributed by atoms with Crippen LogP contribution in [0.15, 0.2) is 72.9 Å². The van der Waals surface area contributed by atoms with Crippen molar-refractivity contribution in [2.24, 2.45) is 0 Å². The summed E-state index contributed by atoms with van der Waals surface area (Å²) >= 11 is 0. The zero-order valence-electron chi connectivity index (χ0n) is 39.2. The van der Waals surface area contributed by atoms with Crippen LogP contribution in [-0.4, -0.2) is 37.2 Å². The van der Waals surface area contributed by atoms with Gasteiger partial charge in [-0.25, -0.2) is 0 Å². The van der Waals surface area contributed by atoms with Gasteiger partial charge >= 0.3 is 17.9 Å². The summed E-state index contributed by atoms with van der Waals surface area (Å²) in [5, 5.41) is 0. The Hall–Kier alpha value is -3.15. The molecule has 0 heterocycles. The molecule has 0 amide bonds. The number of hydrogen-bond acceptors (Lipinski definition) is 6. The molecule has 60 heavy (non-hydrogen) atoms. The molecule has 0 spiro atoms. The van der Waals surface area contributed by atoms with Crippen LogP contribution in [0.25, 0.3) is 0 Å². The van der Waals surface area contributed by atoms with E-state index in [0.29, 0.717) is 19.3 Å². The maximum Gasteiger partial charge on any atom is 0.306 e. The fraction of sp³-hybridized carbons (Fsp3) is 0.722. The van der Waals surface area contributed by atoms with Gasteiger partial charge in [-0.2, -0.15) is 0 Å². The second kappa shape index (κ2) is 48.5. The van der Waals surface area contributed by atoms with E-state index in [1.807, 2.05) is 12.2 Å². The van der Waals surface area contributed by atoms with Gasteiger partial charge in [-0.1, -0.05) is 196 Å². The molecule has 0 bridgehead atoms. The summed E-state index contributed by atoms with van der Waals surface area (Å²) in [6.07, 6.45) is 60.5. The molecule has 0 N–H and O–H groups in total. The smallest absolute Gasteiger partial charge is 0.306 e. The standard InChI is InChI=1S/C54H92O6/c1-4-7-10-13-16-19-22-24-25-26-27-28-30-32-35-38-41-44-47-53(56)59-50-51(49-58-52(55)46-43-40-37-34-31-21-18-15-12-9-6-3)60-54(57)48-45-42-39-36-33-29-23-20-17-14-11-8-5-2/h8,11,15,17-18,20,25-26,29,33,39,42,51H,4-7,9-10,12-14,16,19,21-24,27-28,30-32,34-38,40-41,43-50H2,1-3H3/b11-8-,18-15-,20-17-,26-25-,33-29-,42-39-. The van der Waals surface area contributed by atoms with E-state index in [2.05, 4.69) is 81.5 Å². The predicted molar refractivity (Wildman–Crippen MR) is 256 cm³/mol. The van der Waals surface area contributed by atoms with Gasteiger partial charge in [0.25, 0.3) is 0 Å². The number of rotatable bonds is 44. The lowest BCUT2D eigenvalue weighted by Crippen LogP contribution is -2.30. The summed E-state index contributed by atoms with van der Waals surface area (Å²) < 4.78 is 16.7. The number of esters is 3. The van der Waals surface area contributed by atoms with E-state index in [4.69, 9.17) is 14.2 Å². The number of ether oxygens (including phenoxy) is 3. The van der Waals surface area contributed by atoms with Crippen LogP contribution in [0.4, 0.5) is 0 Å². The highest BCUT2D eigenvalue weighted by atomic mass is 16.6. The second-order valence-electron chi connectivity index (χ2n) is 16.3. The molecule has 0 aromatic carbocycles. The van der Waals surface area contributed by atoms with E-state index in [9.17, 15) is 14.4 Å². The van der Waals surface area contributed by atoms with Gasteiger partial charge < -0.3 is 14.2 Å². The molecule has 0 saturated heterocycles. The molecule has 0 aromatic heterocycles. The lowest BCUT2D eigenvalue weighted by atomic mass is 10.1. The fourth-order valence-electron chi connectivity index (χ4n) is 6.67. The third kappa shape index (κ3) is 45.9. The van der Waals surface area contributed by atoms with Crippen LogP contribution in [0.3, 0.4) is 0 Å². The van der Waals surface area contributed by atoms with E-state index < -0.39 is 12.1 Å². The van der Waals surface area contributed by atoms with Gasteiger partial charge in [-0.3, -0.25) is 14.4 Å². The molecule has 0 radical (unpaired) electrons. The molecule has 0 aromatic rings. The van der Waals surface area contributed by atoms with Crippen LogP contribution in [0.5, 0.6) is 0 Å². The van der Waals surface area contributed by atoms with Crippen molar-refractivity contribution >= 4 is 17.9 Å². The SMILES string of the molecule is CC/C=C\C/C=C\C/C=C\C/C=C\CCC(=O)OC(COC(=O)CCCCCCC/C=C\CCCC)COC(=O)CCCCCCCCC/C=C\CCCCCCCCC. The van der Waals surface area contributed by atoms with E-state index in [1.54, 1.807) is 0 Å². The average molecular weight is 837 g/mol. The van der Waals surface area contributed by atoms with Crippen molar-refractivity contribution in [3.8, 4) is 0 Å². The molecule has 1 atom stereocenters. The number of carbonyl (C=O) groups is 3. The summed E-state index contributed by atoms with van der Waals surface area (Å²) in [7, 11) is 0. The summed E-state index contributed by atoms with van der Waals surface area (Å²) in [5.41, 5.74) is 0. The first-order valence-electron chi connectivity index (χ1n) is 24.9. The number of allylic oxidation sites excluding steroid dienone is 12. The second-order valence-corrected chi connectivity index (χ2v) is 16.3. The number of unbranched alkanes of at least 4 members (excludes halogenated alkanes) is 21. The molecule has 0 aliphatic carbocycles.